The molecule has 0 aliphatic carbocycles. The molecule has 20 heavy (non-hydrogen) atoms. The average molecular weight is 275 g/mol. The highest BCUT2D eigenvalue weighted by atomic mass is 19.1. The van der Waals surface area contributed by atoms with E-state index in [1.54, 1.807) is 12.1 Å². The fourth-order valence-electron chi connectivity index (χ4n) is 3.05. The summed E-state index contributed by atoms with van der Waals surface area (Å²) in [6.07, 6.45) is 3.22. The quantitative estimate of drug-likeness (QED) is 0.902. The Morgan fingerprint density at radius 3 is 2.80 bits per heavy atom. The average Bonchev–Trinajstić information content (AvgIpc) is 2.61. The Hall–Kier alpha value is -1.44. The third-order valence-corrected chi connectivity index (χ3v) is 4.08. The molecule has 2 unspecified atom stereocenters. The Bertz CT molecular complexity index is 507. The second-order valence-electron chi connectivity index (χ2n) is 5.79. The predicted molar refractivity (Wildman–Crippen MR) is 77.5 cm³/mol. The number of nitrogens with zero attached hydrogens (tertiary/aromatic N) is 2. The fraction of sp³-hybridized carbons (Fsp3) is 0.562. The minimum absolute atomic E-state index is 0.0249. The zero-order valence-electron chi connectivity index (χ0n) is 12.1. The lowest BCUT2D eigenvalue weighted by Gasteiger charge is -2.36. The van der Waals surface area contributed by atoms with Gasteiger partial charge in [-0.3, -0.25) is 4.90 Å². The van der Waals surface area contributed by atoms with Gasteiger partial charge >= 0.3 is 0 Å². The molecule has 108 valence electrons. The second-order valence-corrected chi connectivity index (χ2v) is 5.79. The lowest BCUT2D eigenvalue weighted by Crippen LogP contribution is -2.43. The molecule has 0 aromatic heterocycles. The zero-order chi connectivity index (χ0) is 14.7. The first-order valence-electron chi connectivity index (χ1n) is 7.25. The van der Waals surface area contributed by atoms with Crippen molar-refractivity contribution in [2.24, 2.45) is 5.73 Å². The summed E-state index contributed by atoms with van der Waals surface area (Å²) in [5, 5.41) is 9.00. The summed E-state index contributed by atoms with van der Waals surface area (Å²) in [5.41, 5.74) is 7.40. The van der Waals surface area contributed by atoms with Crippen LogP contribution in [-0.2, 0) is 0 Å². The third kappa shape index (κ3) is 3.00. The van der Waals surface area contributed by atoms with Crippen LogP contribution in [0.25, 0.3) is 0 Å². The second kappa shape index (κ2) is 6.34. The normalized spacial score (nSPS) is 24.4. The maximum Gasteiger partial charge on any atom is 0.140 e. The van der Waals surface area contributed by atoms with E-state index in [9.17, 15) is 4.39 Å². The number of likely N-dealkylation sites (tertiary alicyclic amines) is 1. The summed E-state index contributed by atoms with van der Waals surface area (Å²) in [6.45, 7) is 5.30. The van der Waals surface area contributed by atoms with Gasteiger partial charge in [-0.15, -0.1) is 0 Å². The summed E-state index contributed by atoms with van der Waals surface area (Å²) in [7, 11) is 0. The highest BCUT2D eigenvalue weighted by Crippen LogP contribution is 2.31. The summed E-state index contributed by atoms with van der Waals surface area (Å²) in [5.74, 6) is -0.463. The lowest BCUT2D eigenvalue weighted by atomic mass is 9.94. The fourth-order valence-corrected chi connectivity index (χ4v) is 3.05. The van der Waals surface area contributed by atoms with Crippen molar-refractivity contribution in [3.63, 3.8) is 0 Å². The number of rotatable bonds is 2. The van der Waals surface area contributed by atoms with Crippen LogP contribution in [0, 0.1) is 17.1 Å². The molecule has 1 aliphatic rings. The van der Waals surface area contributed by atoms with Crippen molar-refractivity contribution < 1.29 is 4.39 Å². The molecule has 1 heterocycles. The van der Waals surface area contributed by atoms with Crippen LogP contribution in [0.15, 0.2) is 18.2 Å². The highest BCUT2D eigenvalue weighted by molar-refractivity contribution is 5.36. The molecule has 1 aromatic rings. The Balaban J connectivity index is 2.42. The molecule has 2 N–H and O–H groups in total. The van der Waals surface area contributed by atoms with Gasteiger partial charge in [0.25, 0.3) is 0 Å². The predicted octanol–water partition coefficient (Wildman–Crippen LogP) is 2.96. The van der Waals surface area contributed by atoms with Crippen LogP contribution in [0.3, 0.4) is 0 Å². The summed E-state index contributed by atoms with van der Waals surface area (Å²) >= 11 is 0. The molecule has 4 heteroatoms. The molecule has 1 aliphatic heterocycles. The van der Waals surface area contributed by atoms with Gasteiger partial charge in [-0.1, -0.05) is 12.5 Å². The van der Waals surface area contributed by atoms with E-state index in [4.69, 9.17) is 11.0 Å². The van der Waals surface area contributed by atoms with Crippen LogP contribution in [0.1, 0.15) is 50.3 Å². The van der Waals surface area contributed by atoms with E-state index in [-0.39, 0.29) is 17.6 Å². The van der Waals surface area contributed by atoms with Gasteiger partial charge in [0.1, 0.15) is 11.9 Å². The van der Waals surface area contributed by atoms with E-state index in [1.807, 2.05) is 6.07 Å². The van der Waals surface area contributed by atoms with Crippen molar-refractivity contribution in [1.82, 2.24) is 4.90 Å². The smallest absolute Gasteiger partial charge is 0.140 e. The van der Waals surface area contributed by atoms with E-state index in [0.29, 0.717) is 6.04 Å². The van der Waals surface area contributed by atoms with Gasteiger partial charge in [-0.05, 0) is 50.9 Å². The molecule has 0 radical (unpaired) electrons. The summed E-state index contributed by atoms with van der Waals surface area (Å²) in [4.78, 5) is 2.37. The van der Waals surface area contributed by atoms with Crippen molar-refractivity contribution in [3.05, 3.63) is 35.1 Å². The van der Waals surface area contributed by atoms with Crippen LogP contribution in [0.2, 0.25) is 0 Å². The Kier molecular flexibility index (Phi) is 4.74. The van der Waals surface area contributed by atoms with Crippen LogP contribution >= 0.6 is 0 Å². The monoisotopic (exact) mass is 275 g/mol. The zero-order valence-corrected chi connectivity index (χ0v) is 12.1. The molecule has 1 aromatic carbocycles. The molecule has 1 saturated heterocycles. The molecule has 0 saturated carbocycles. The number of nitriles is 1. The number of halogens is 1. The molecule has 1 fully saturated rings. The summed E-state index contributed by atoms with van der Waals surface area (Å²) < 4.78 is 13.5. The molecule has 3 nitrogen and oxygen atoms in total. The largest absolute Gasteiger partial charge is 0.326 e. The van der Waals surface area contributed by atoms with Gasteiger partial charge in [-0.2, -0.15) is 5.26 Å². The highest BCUT2D eigenvalue weighted by Gasteiger charge is 2.30. The van der Waals surface area contributed by atoms with E-state index in [1.165, 1.54) is 6.07 Å². The Labute approximate surface area is 120 Å². The molecule has 0 amide bonds. The van der Waals surface area contributed by atoms with Crippen LogP contribution in [0.4, 0.5) is 4.39 Å². The van der Waals surface area contributed by atoms with E-state index >= 15 is 0 Å². The van der Waals surface area contributed by atoms with Crippen molar-refractivity contribution in [2.45, 2.75) is 51.2 Å². The SMILES string of the molecule is CC(C)N1CCCCC(N)C1c1ccc(F)c(C#N)c1. The molecule has 0 bridgehead atoms. The van der Waals surface area contributed by atoms with Gasteiger partial charge in [0.2, 0.25) is 0 Å². The molecule has 2 atom stereocenters. The first kappa shape index (κ1) is 15.0. The number of benzene rings is 1. The van der Waals surface area contributed by atoms with E-state index in [2.05, 4.69) is 18.7 Å². The van der Waals surface area contributed by atoms with Gasteiger partial charge in [-0.25, -0.2) is 4.39 Å². The first-order chi connectivity index (χ1) is 9.54. The maximum absolute atomic E-state index is 13.5. The van der Waals surface area contributed by atoms with Crippen molar-refractivity contribution in [1.29, 1.82) is 5.26 Å². The van der Waals surface area contributed by atoms with E-state index < -0.39 is 5.82 Å². The van der Waals surface area contributed by atoms with Crippen molar-refractivity contribution >= 4 is 0 Å². The van der Waals surface area contributed by atoms with Gasteiger partial charge in [0, 0.05) is 12.1 Å². The van der Waals surface area contributed by atoms with Crippen molar-refractivity contribution in [2.75, 3.05) is 6.54 Å². The molecule has 2 rings (SSSR count). The lowest BCUT2D eigenvalue weighted by molar-refractivity contribution is 0.144. The first-order valence-corrected chi connectivity index (χ1v) is 7.25. The molecule has 0 spiro atoms. The minimum Gasteiger partial charge on any atom is -0.326 e. The number of hydrogen-bond donors (Lipinski definition) is 1. The number of nitrogens with two attached hydrogens (primary N) is 1. The van der Waals surface area contributed by atoms with Crippen molar-refractivity contribution in [3.8, 4) is 6.07 Å². The summed E-state index contributed by atoms with van der Waals surface area (Å²) in [6, 6.07) is 7.17. The van der Waals surface area contributed by atoms with E-state index in [0.717, 1.165) is 31.4 Å². The Morgan fingerprint density at radius 2 is 2.15 bits per heavy atom. The minimum atomic E-state index is -0.463. The Morgan fingerprint density at radius 1 is 1.40 bits per heavy atom. The van der Waals surface area contributed by atoms with Crippen LogP contribution in [-0.4, -0.2) is 23.5 Å². The standard InChI is InChI=1S/C16H22FN3/c1-11(2)20-8-4-3-5-15(19)16(20)12-6-7-14(17)13(9-12)10-18/h6-7,9,11,15-16H,3-5,8,19H2,1-2H3. The van der Waals surface area contributed by atoms with Gasteiger partial charge in [0.05, 0.1) is 11.6 Å². The van der Waals surface area contributed by atoms with Gasteiger partial charge < -0.3 is 5.73 Å². The molecular weight excluding hydrogens is 253 g/mol. The van der Waals surface area contributed by atoms with Crippen LogP contribution < -0.4 is 5.73 Å². The molecular formula is C16H22FN3. The van der Waals surface area contributed by atoms with Gasteiger partial charge in [0.15, 0.2) is 0 Å². The topological polar surface area (TPSA) is 53.0 Å². The third-order valence-electron chi connectivity index (χ3n) is 4.08. The van der Waals surface area contributed by atoms with Crippen LogP contribution in [0.5, 0.6) is 0 Å². The maximum atomic E-state index is 13.5. The number of hydrogen-bond acceptors (Lipinski definition) is 3.